The molecule has 178 valence electrons. The van der Waals surface area contributed by atoms with Crippen molar-refractivity contribution in [3.8, 4) is 0 Å². The molecule has 2 saturated heterocycles. The Hall–Kier alpha value is -2.45. The van der Waals surface area contributed by atoms with Crippen LogP contribution < -0.4 is 10.2 Å². The van der Waals surface area contributed by atoms with Crippen LogP contribution in [0.5, 0.6) is 0 Å². The van der Waals surface area contributed by atoms with Gasteiger partial charge in [-0.05, 0) is 49.9 Å². The predicted octanol–water partition coefficient (Wildman–Crippen LogP) is 1.92. The summed E-state index contributed by atoms with van der Waals surface area (Å²) in [5.74, 6) is -0.748. The Labute approximate surface area is 195 Å². The highest BCUT2D eigenvalue weighted by Crippen LogP contribution is 2.35. The Morgan fingerprint density at radius 1 is 1.12 bits per heavy atom. The number of rotatable bonds is 6. The number of benzene rings is 1. The molecule has 8 nitrogen and oxygen atoms in total. The van der Waals surface area contributed by atoms with Crippen LogP contribution in [0.4, 0.5) is 5.69 Å². The number of anilines is 1. The summed E-state index contributed by atoms with van der Waals surface area (Å²) in [7, 11) is 2.17. The molecule has 3 fully saturated rings. The minimum Gasteiger partial charge on any atom is -0.376 e. The van der Waals surface area contributed by atoms with E-state index < -0.39 is 6.04 Å². The number of imide groups is 1. The summed E-state index contributed by atoms with van der Waals surface area (Å²) in [6, 6.07) is 6.44. The van der Waals surface area contributed by atoms with Crippen molar-refractivity contribution in [2.24, 2.45) is 0 Å². The predicted molar refractivity (Wildman–Crippen MR) is 124 cm³/mol. The summed E-state index contributed by atoms with van der Waals surface area (Å²) in [6.45, 7) is 5.28. The van der Waals surface area contributed by atoms with Crippen LogP contribution in [-0.2, 0) is 20.9 Å². The molecule has 1 aromatic rings. The van der Waals surface area contributed by atoms with E-state index >= 15 is 0 Å². The lowest BCUT2D eigenvalue weighted by Crippen LogP contribution is -2.62. The molecule has 1 N–H and O–H groups in total. The molecule has 5 rings (SSSR count). The zero-order chi connectivity index (χ0) is 23.1. The quantitative estimate of drug-likeness (QED) is 0.662. The maximum atomic E-state index is 13.0. The third-order valence-electron chi connectivity index (χ3n) is 7.85. The first-order valence-corrected chi connectivity index (χ1v) is 12.3. The zero-order valence-electron chi connectivity index (χ0n) is 19.6. The van der Waals surface area contributed by atoms with Gasteiger partial charge in [0.1, 0.15) is 6.04 Å². The van der Waals surface area contributed by atoms with E-state index in [9.17, 15) is 14.4 Å². The van der Waals surface area contributed by atoms with Gasteiger partial charge < -0.3 is 14.5 Å². The van der Waals surface area contributed by atoms with E-state index in [0.29, 0.717) is 36.7 Å². The van der Waals surface area contributed by atoms with Crippen LogP contribution >= 0.6 is 0 Å². The maximum absolute atomic E-state index is 13.0. The molecular weight excluding hydrogens is 420 g/mol. The SMILES string of the molecule is CCOC1CN([C@@H]2CCCC[C@H]2N(C)c2ccc3c(c2)CN(C2CCC(=O)NC2=O)C3=O)C1. The number of carbonyl (C=O) groups is 3. The Kier molecular flexibility index (Phi) is 6.14. The fraction of sp³-hybridized carbons (Fsp3) is 0.640. The molecular formula is C25H34N4O4. The molecule has 8 heteroatoms. The monoisotopic (exact) mass is 454 g/mol. The summed E-state index contributed by atoms with van der Waals surface area (Å²) in [5, 5.41) is 2.37. The largest absolute Gasteiger partial charge is 0.376 e. The van der Waals surface area contributed by atoms with E-state index in [2.05, 4.69) is 35.2 Å². The van der Waals surface area contributed by atoms with Gasteiger partial charge in [-0.3, -0.25) is 24.6 Å². The number of piperidine rings is 1. The topological polar surface area (TPSA) is 82.2 Å². The average Bonchev–Trinajstić information content (AvgIpc) is 3.11. The number of likely N-dealkylation sites (N-methyl/N-ethyl adjacent to an activating group) is 1. The van der Waals surface area contributed by atoms with Gasteiger partial charge >= 0.3 is 0 Å². The summed E-state index contributed by atoms with van der Waals surface area (Å²) >= 11 is 0. The van der Waals surface area contributed by atoms with Gasteiger partial charge in [0, 0.05) is 63.0 Å². The van der Waals surface area contributed by atoms with Crippen molar-refractivity contribution in [1.29, 1.82) is 0 Å². The molecule has 3 heterocycles. The molecule has 3 atom stereocenters. The second-order valence-electron chi connectivity index (χ2n) is 9.80. The molecule has 3 amide bonds. The van der Waals surface area contributed by atoms with Crippen molar-refractivity contribution in [2.75, 3.05) is 31.6 Å². The average molecular weight is 455 g/mol. The van der Waals surface area contributed by atoms with Crippen molar-refractivity contribution in [2.45, 2.75) is 76.2 Å². The lowest BCUT2D eigenvalue weighted by Gasteiger charge is -2.50. The molecule has 3 aliphatic heterocycles. The van der Waals surface area contributed by atoms with Gasteiger partial charge in [0.15, 0.2) is 0 Å². The summed E-state index contributed by atoms with van der Waals surface area (Å²) in [6.07, 6.45) is 5.90. The second kappa shape index (κ2) is 9.06. The number of ether oxygens (including phenoxy) is 1. The number of likely N-dealkylation sites (tertiary alicyclic amines) is 1. The number of hydrogen-bond donors (Lipinski definition) is 1. The van der Waals surface area contributed by atoms with Gasteiger partial charge in [-0.2, -0.15) is 0 Å². The van der Waals surface area contributed by atoms with Crippen molar-refractivity contribution in [1.82, 2.24) is 15.1 Å². The summed E-state index contributed by atoms with van der Waals surface area (Å²) < 4.78 is 5.77. The van der Waals surface area contributed by atoms with E-state index in [1.165, 1.54) is 19.3 Å². The Morgan fingerprint density at radius 3 is 2.67 bits per heavy atom. The third-order valence-corrected chi connectivity index (χ3v) is 7.85. The van der Waals surface area contributed by atoms with Crippen molar-refractivity contribution in [3.05, 3.63) is 29.3 Å². The highest BCUT2D eigenvalue weighted by atomic mass is 16.5. The number of hydrogen-bond acceptors (Lipinski definition) is 6. The first kappa shape index (κ1) is 22.3. The van der Waals surface area contributed by atoms with Crippen LogP contribution in [0, 0.1) is 0 Å². The molecule has 0 aromatic heterocycles. The van der Waals surface area contributed by atoms with Gasteiger partial charge in [-0.15, -0.1) is 0 Å². The van der Waals surface area contributed by atoms with Gasteiger partial charge in [0.25, 0.3) is 5.91 Å². The second-order valence-corrected chi connectivity index (χ2v) is 9.80. The van der Waals surface area contributed by atoms with E-state index in [1.54, 1.807) is 4.90 Å². The Bertz CT molecular complexity index is 944. The van der Waals surface area contributed by atoms with E-state index in [-0.39, 0.29) is 24.1 Å². The number of amides is 3. The molecule has 0 radical (unpaired) electrons. The lowest BCUT2D eigenvalue weighted by atomic mass is 9.86. The fourth-order valence-corrected chi connectivity index (χ4v) is 6.02. The molecule has 0 spiro atoms. The highest BCUT2D eigenvalue weighted by Gasteiger charge is 2.41. The molecule has 1 saturated carbocycles. The van der Waals surface area contributed by atoms with Crippen LogP contribution in [-0.4, -0.2) is 78.5 Å². The first-order valence-electron chi connectivity index (χ1n) is 12.3. The standard InChI is InChI=1S/C25H34N4O4/c1-3-33-18-14-28(15-18)21-7-5-4-6-20(21)27(2)17-8-9-19-16(12-17)13-29(25(19)32)22-10-11-23(30)26-24(22)31/h8-9,12,18,20-22H,3-7,10-11,13-15H2,1-2H3,(H,26,30,31)/t20-,21-,22?/m1/s1. The molecule has 0 bridgehead atoms. The van der Waals surface area contributed by atoms with Crippen LogP contribution in [0.2, 0.25) is 0 Å². The Balaban J connectivity index is 1.30. The molecule has 1 aliphatic carbocycles. The summed E-state index contributed by atoms with van der Waals surface area (Å²) in [5.41, 5.74) is 2.74. The smallest absolute Gasteiger partial charge is 0.255 e. The van der Waals surface area contributed by atoms with Crippen molar-refractivity contribution < 1.29 is 19.1 Å². The van der Waals surface area contributed by atoms with E-state index in [4.69, 9.17) is 4.74 Å². The van der Waals surface area contributed by atoms with Crippen molar-refractivity contribution >= 4 is 23.4 Å². The van der Waals surface area contributed by atoms with Crippen LogP contribution in [0.25, 0.3) is 0 Å². The van der Waals surface area contributed by atoms with Crippen molar-refractivity contribution in [3.63, 3.8) is 0 Å². The highest BCUT2D eigenvalue weighted by molar-refractivity contribution is 6.05. The van der Waals surface area contributed by atoms with Gasteiger partial charge in [0.2, 0.25) is 11.8 Å². The van der Waals surface area contributed by atoms with E-state index in [1.807, 2.05) is 12.1 Å². The fourth-order valence-electron chi connectivity index (χ4n) is 6.02. The van der Waals surface area contributed by atoms with Gasteiger partial charge in [-0.1, -0.05) is 12.8 Å². The van der Waals surface area contributed by atoms with Crippen LogP contribution in [0.3, 0.4) is 0 Å². The Morgan fingerprint density at radius 2 is 1.91 bits per heavy atom. The maximum Gasteiger partial charge on any atom is 0.255 e. The molecule has 33 heavy (non-hydrogen) atoms. The minimum absolute atomic E-state index is 0.119. The molecule has 1 aromatic carbocycles. The van der Waals surface area contributed by atoms with Crippen LogP contribution in [0.15, 0.2) is 18.2 Å². The number of fused-ring (bicyclic) bond motifs is 1. The number of nitrogens with zero attached hydrogens (tertiary/aromatic N) is 3. The number of nitrogens with one attached hydrogen (secondary N) is 1. The third kappa shape index (κ3) is 4.15. The van der Waals surface area contributed by atoms with Gasteiger partial charge in [-0.25, -0.2) is 0 Å². The lowest BCUT2D eigenvalue weighted by molar-refractivity contribution is -0.136. The normalized spacial score (nSPS) is 28.5. The zero-order valence-corrected chi connectivity index (χ0v) is 19.6. The van der Waals surface area contributed by atoms with Crippen LogP contribution in [0.1, 0.15) is 61.4 Å². The first-order chi connectivity index (χ1) is 16.0. The molecule has 4 aliphatic rings. The number of carbonyl (C=O) groups excluding carboxylic acids is 3. The van der Waals surface area contributed by atoms with Gasteiger partial charge in [0.05, 0.1) is 6.10 Å². The van der Waals surface area contributed by atoms with E-state index in [0.717, 1.165) is 37.4 Å². The minimum atomic E-state index is -0.573. The molecule has 1 unspecified atom stereocenters. The summed E-state index contributed by atoms with van der Waals surface area (Å²) in [4.78, 5) is 43.4.